The minimum Gasteiger partial charge on any atom is -0.464 e. The van der Waals surface area contributed by atoms with Crippen molar-refractivity contribution < 1.29 is 9.90 Å². The maximum Gasteiger partial charge on any atom is 0.426 e. The van der Waals surface area contributed by atoms with E-state index in [0.717, 1.165) is 19.3 Å². The normalized spacial score (nSPS) is 21.3. The molecule has 8 heteroatoms. The van der Waals surface area contributed by atoms with Crippen molar-refractivity contribution in [3.8, 4) is 0 Å². The van der Waals surface area contributed by atoms with Crippen LogP contribution in [0.3, 0.4) is 0 Å². The molecule has 23 heavy (non-hydrogen) atoms. The van der Waals surface area contributed by atoms with Crippen LogP contribution in [-0.4, -0.2) is 37.8 Å². The minimum absolute atomic E-state index is 0.0487. The maximum atomic E-state index is 12.0. The lowest BCUT2D eigenvalue weighted by atomic mass is 10.0. The fraction of sp³-hybridized carbons (Fsp3) is 0.667. The summed E-state index contributed by atoms with van der Waals surface area (Å²) in [5.74, 6) is 0.848. The van der Waals surface area contributed by atoms with Gasteiger partial charge in [-0.15, -0.1) is 0 Å². The van der Waals surface area contributed by atoms with Gasteiger partial charge in [0.05, 0.1) is 16.1 Å². The van der Waals surface area contributed by atoms with Gasteiger partial charge in [0.1, 0.15) is 0 Å². The highest BCUT2D eigenvalue weighted by molar-refractivity contribution is 9.10. The molecule has 2 atom stereocenters. The molecule has 0 bridgehead atoms. The maximum absolute atomic E-state index is 12.0. The molecule has 1 fully saturated rings. The third-order valence-corrected chi connectivity index (χ3v) is 4.82. The first-order chi connectivity index (χ1) is 10.6. The summed E-state index contributed by atoms with van der Waals surface area (Å²) in [4.78, 5) is 20.3. The zero-order valence-electron chi connectivity index (χ0n) is 13.8. The van der Waals surface area contributed by atoms with E-state index in [-0.39, 0.29) is 11.3 Å². The molecule has 1 aromatic rings. The molecule has 2 rings (SSSR count). The molecule has 1 saturated carbocycles. The predicted octanol–water partition coefficient (Wildman–Crippen LogP) is 4.58. The summed E-state index contributed by atoms with van der Waals surface area (Å²) in [5.41, 5.74) is -0.620. The van der Waals surface area contributed by atoms with Crippen molar-refractivity contribution >= 4 is 39.4 Å². The van der Waals surface area contributed by atoms with E-state index in [1.807, 2.05) is 20.8 Å². The van der Waals surface area contributed by atoms with Gasteiger partial charge in [-0.1, -0.05) is 13.3 Å². The molecule has 0 saturated heterocycles. The molecule has 1 amide bonds. The molecule has 0 aliphatic heterocycles. The predicted molar refractivity (Wildman–Crippen MR) is 93.6 cm³/mol. The smallest absolute Gasteiger partial charge is 0.426 e. The minimum atomic E-state index is -1.02. The van der Waals surface area contributed by atoms with Gasteiger partial charge in [-0.05, 0) is 67.1 Å². The monoisotopic (exact) mass is 404 g/mol. The number of halogens is 2. The standard InChI is InChI=1S/C15H22BrClN4O2/c1-9-6-5-7-11(9)20(21(14(22)23)15(2,3)4)12-10(16)8-18-13(17)19-12/h8-9,11H,5-7H2,1-4H3,(H,22,23)/t9?,11-/m1/s1. The highest BCUT2D eigenvalue weighted by Crippen LogP contribution is 2.38. The fourth-order valence-electron chi connectivity index (χ4n) is 3.09. The van der Waals surface area contributed by atoms with Crippen molar-refractivity contribution in [3.63, 3.8) is 0 Å². The van der Waals surface area contributed by atoms with Gasteiger partial charge in [-0.3, -0.25) is 5.01 Å². The highest BCUT2D eigenvalue weighted by atomic mass is 79.9. The van der Waals surface area contributed by atoms with Crippen molar-refractivity contribution in [2.75, 3.05) is 5.01 Å². The Labute approximate surface area is 149 Å². The van der Waals surface area contributed by atoms with Crippen LogP contribution in [0.5, 0.6) is 0 Å². The van der Waals surface area contributed by atoms with E-state index in [1.54, 1.807) is 11.2 Å². The Hall–Kier alpha value is -1.08. The molecule has 1 aromatic heterocycles. The van der Waals surface area contributed by atoms with Gasteiger partial charge in [-0.2, -0.15) is 4.98 Å². The van der Waals surface area contributed by atoms with Crippen LogP contribution >= 0.6 is 27.5 Å². The molecule has 1 N–H and O–H groups in total. The zero-order chi connectivity index (χ0) is 17.4. The third-order valence-electron chi connectivity index (χ3n) is 4.08. The molecule has 1 heterocycles. The van der Waals surface area contributed by atoms with Crippen molar-refractivity contribution in [2.45, 2.75) is 58.5 Å². The van der Waals surface area contributed by atoms with Crippen LogP contribution in [0.1, 0.15) is 47.0 Å². The Balaban J connectivity index is 2.59. The van der Waals surface area contributed by atoms with Crippen LogP contribution in [0, 0.1) is 5.92 Å². The van der Waals surface area contributed by atoms with E-state index in [2.05, 4.69) is 32.8 Å². The number of hydrogen-bond acceptors (Lipinski definition) is 4. The number of anilines is 1. The average molecular weight is 406 g/mol. The molecule has 6 nitrogen and oxygen atoms in total. The molecule has 1 aliphatic carbocycles. The first-order valence-electron chi connectivity index (χ1n) is 7.63. The van der Waals surface area contributed by atoms with Gasteiger partial charge >= 0.3 is 6.09 Å². The van der Waals surface area contributed by atoms with Crippen LogP contribution in [0.25, 0.3) is 0 Å². The van der Waals surface area contributed by atoms with Crippen molar-refractivity contribution in [2.24, 2.45) is 5.92 Å². The van der Waals surface area contributed by atoms with Crippen LogP contribution in [-0.2, 0) is 0 Å². The Morgan fingerprint density at radius 2 is 2.09 bits per heavy atom. The second-order valence-electron chi connectivity index (χ2n) is 6.90. The molecular formula is C15H22BrClN4O2. The zero-order valence-corrected chi connectivity index (χ0v) is 16.1. The summed E-state index contributed by atoms with van der Waals surface area (Å²) in [6.07, 6.45) is 3.58. The number of carbonyl (C=O) groups is 1. The lowest BCUT2D eigenvalue weighted by Crippen LogP contribution is -2.60. The topological polar surface area (TPSA) is 69.6 Å². The Morgan fingerprint density at radius 3 is 2.57 bits per heavy atom. The van der Waals surface area contributed by atoms with Gasteiger partial charge in [0.2, 0.25) is 5.28 Å². The molecule has 1 unspecified atom stereocenters. The van der Waals surface area contributed by atoms with Gasteiger partial charge in [-0.25, -0.2) is 14.8 Å². The van der Waals surface area contributed by atoms with Crippen LogP contribution < -0.4 is 5.01 Å². The summed E-state index contributed by atoms with van der Waals surface area (Å²) in [5, 5.41) is 13.1. The Kier molecular flexibility index (Phi) is 5.41. The molecule has 0 spiro atoms. The lowest BCUT2D eigenvalue weighted by Gasteiger charge is -2.46. The average Bonchev–Trinajstić information content (AvgIpc) is 2.83. The first-order valence-corrected chi connectivity index (χ1v) is 8.80. The first kappa shape index (κ1) is 18.3. The van der Waals surface area contributed by atoms with E-state index in [0.29, 0.717) is 16.2 Å². The fourth-order valence-corrected chi connectivity index (χ4v) is 3.59. The molecule has 128 valence electrons. The summed E-state index contributed by atoms with van der Waals surface area (Å²) in [6, 6.07) is 0.0487. The summed E-state index contributed by atoms with van der Waals surface area (Å²) >= 11 is 9.40. The van der Waals surface area contributed by atoms with Gasteiger partial charge in [0.25, 0.3) is 0 Å². The van der Waals surface area contributed by atoms with E-state index < -0.39 is 11.6 Å². The number of nitrogens with zero attached hydrogens (tertiary/aromatic N) is 4. The summed E-state index contributed by atoms with van der Waals surface area (Å²) in [7, 11) is 0. The molecule has 0 radical (unpaired) electrons. The number of aromatic nitrogens is 2. The van der Waals surface area contributed by atoms with Crippen molar-refractivity contribution in [1.29, 1.82) is 0 Å². The number of carboxylic acid groups (broad SMARTS) is 1. The third kappa shape index (κ3) is 3.88. The molecular weight excluding hydrogens is 384 g/mol. The number of hydrogen-bond donors (Lipinski definition) is 1. The van der Waals surface area contributed by atoms with Crippen LogP contribution in [0.15, 0.2) is 10.7 Å². The summed E-state index contributed by atoms with van der Waals surface area (Å²) in [6.45, 7) is 7.74. The van der Waals surface area contributed by atoms with Crippen LogP contribution in [0.2, 0.25) is 5.28 Å². The second-order valence-corrected chi connectivity index (χ2v) is 8.09. The van der Waals surface area contributed by atoms with Gasteiger partial charge in [0.15, 0.2) is 5.82 Å². The van der Waals surface area contributed by atoms with Gasteiger partial charge < -0.3 is 5.11 Å². The number of hydrazine groups is 1. The SMILES string of the molecule is CC1CCC[C@H]1N(c1nc(Cl)ncc1Br)N(C(=O)O)C(C)(C)C. The number of amides is 1. The van der Waals surface area contributed by atoms with E-state index in [1.165, 1.54) is 5.01 Å². The number of rotatable bonds is 3. The molecule has 1 aliphatic rings. The van der Waals surface area contributed by atoms with Gasteiger partial charge in [0, 0.05) is 6.20 Å². The quantitative estimate of drug-likeness (QED) is 0.589. The Bertz CT molecular complexity index is 593. The summed E-state index contributed by atoms with van der Waals surface area (Å²) < 4.78 is 0.622. The Morgan fingerprint density at radius 1 is 1.43 bits per heavy atom. The van der Waals surface area contributed by atoms with E-state index in [4.69, 9.17) is 11.6 Å². The highest BCUT2D eigenvalue weighted by Gasteiger charge is 2.41. The molecule has 0 aromatic carbocycles. The van der Waals surface area contributed by atoms with Crippen molar-refractivity contribution in [1.82, 2.24) is 15.0 Å². The van der Waals surface area contributed by atoms with E-state index >= 15 is 0 Å². The van der Waals surface area contributed by atoms with Crippen LogP contribution in [0.4, 0.5) is 10.6 Å². The van der Waals surface area contributed by atoms with Crippen molar-refractivity contribution in [3.05, 3.63) is 16.0 Å². The second kappa shape index (κ2) is 6.81. The largest absolute Gasteiger partial charge is 0.464 e. The lowest BCUT2D eigenvalue weighted by molar-refractivity contribution is 0.0792. The van der Waals surface area contributed by atoms with E-state index in [9.17, 15) is 9.90 Å².